The molecule has 70 valence electrons. The number of nitrogens with two attached hydrogens (primary N) is 1. The van der Waals surface area contributed by atoms with Crippen LogP contribution in [0.15, 0.2) is 0 Å². The lowest BCUT2D eigenvalue weighted by Gasteiger charge is -2.04. The summed E-state index contributed by atoms with van der Waals surface area (Å²) in [4.78, 5) is 21.1. The summed E-state index contributed by atoms with van der Waals surface area (Å²) in [5, 5.41) is 2.49. The highest BCUT2D eigenvalue weighted by atomic mass is 16.2. The maximum atomic E-state index is 10.7. The predicted octanol–water partition coefficient (Wildman–Crippen LogP) is -0.181. The molecule has 1 atom stereocenters. The van der Waals surface area contributed by atoms with E-state index in [2.05, 4.69) is 5.32 Å². The maximum absolute atomic E-state index is 10.7. The Kier molecular flexibility index (Phi) is 5.28. The molecule has 0 aliphatic heterocycles. The van der Waals surface area contributed by atoms with Crippen LogP contribution in [0.4, 0.5) is 0 Å². The average Bonchev–Trinajstić information content (AvgIpc) is 1.97. The van der Waals surface area contributed by atoms with Crippen LogP contribution in [0.1, 0.15) is 26.7 Å². The van der Waals surface area contributed by atoms with Gasteiger partial charge in [-0.15, -0.1) is 0 Å². The number of ketones is 1. The molecular formula is C8H16N2O2. The molecule has 0 fully saturated rings. The van der Waals surface area contributed by atoms with E-state index in [0.29, 0.717) is 6.54 Å². The molecule has 12 heavy (non-hydrogen) atoms. The van der Waals surface area contributed by atoms with Crippen molar-refractivity contribution in [1.82, 2.24) is 5.32 Å². The Hall–Kier alpha value is -0.900. The SMILES string of the molecule is CC(=O)C(=O)NCCCC(C)N. The average molecular weight is 172 g/mol. The molecule has 0 aromatic heterocycles. The third kappa shape index (κ3) is 5.85. The second-order valence-electron chi connectivity index (χ2n) is 2.93. The fourth-order valence-corrected chi connectivity index (χ4v) is 0.750. The summed E-state index contributed by atoms with van der Waals surface area (Å²) < 4.78 is 0. The number of amides is 1. The van der Waals surface area contributed by atoms with Crippen LogP contribution in [0.25, 0.3) is 0 Å². The van der Waals surface area contributed by atoms with Gasteiger partial charge in [0.2, 0.25) is 5.78 Å². The van der Waals surface area contributed by atoms with E-state index < -0.39 is 11.7 Å². The second kappa shape index (κ2) is 5.71. The fraction of sp³-hybridized carbons (Fsp3) is 0.750. The zero-order valence-electron chi connectivity index (χ0n) is 7.59. The van der Waals surface area contributed by atoms with Crippen molar-refractivity contribution >= 4 is 11.7 Å². The molecule has 0 rings (SSSR count). The van der Waals surface area contributed by atoms with E-state index in [4.69, 9.17) is 5.73 Å². The summed E-state index contributed by atoms with van der Waals surface area (Å²) >= 11 is 0. The molecule has 0 heterocycles. The van der Waals surface area contributed by atoms with E-state index in [0.717, 1.165) is 12.8 Å². The number of hydrogen-bond acceptors (Lipinski definition) is 3. The molecule has 0 aromatic rings. The lowest BCUT2D eigenvalue weighted by atomic mass is 10.2. The molecule has 3 N–H and O–H groups in total. The quantitative estimate of drug-likeness (QED) is 0.446. The Balaban J connectivity index is 3.32. The van der Waals surface area contributed by atoms with Crippen LogP contribution in [0, 0.1) is 0 Å². The van der Waals surface area contributed by atoms with Gasteiger partial charge in [0.05, 0.1) is 0 Å². The zero-order chi connectivity index (χ0) is 9.56. The molecule has 0 aromatic carbocycles. The normalized spacial score (nSPS) is 12.2. The van der Waals surface area contributed by atoms with E-state index in [9.17, 15) is 9.59 Å². The summed E-state index contributed by atoms with van der Waals surface area (Å²) in [6, 6.07) is 0.152. The summed E-state index contributed by atoms with van der Waals surface area (Å²) in [5.41, 5.74) is 5.49. The molecule has 1 amide bonds. The molecule has 0 bridgehead atoms. The Morgan fingerprint density at radius 2 is 2.08 bits per heavy atom. The zero-order valence-corrected chi connectivity index (χ0v) is 7.59. The van der Waals surface area contributed by atoms with Crippen LogP contribution in [0.2, 0.25) is 0 Å². The Morgan fingerprint density at radius 3 is 2.50 bits per heavy atom. The smallest absolute Gasteiger partial charge is 0.287 e. The number of carbonyl (C=O) groups is 2. The van der Waals surface area contributed by atoms with Crippen LogP contribution >= 0.6 is 0 Å². The number of rotatable bonds is 5. The van der Waals surface area contributed by atoms with Crippen molar-refractivity contribution in [1.29, 1.82) is 0 Å². The Bertz CT molecular complexity index is 166. The summed E-state index contributed by atoms with van der Waals surface area (Å²) in [7, 11) is 0. The topological polar surface area (TPSA) is 72.2 Å². The molecule has 1 unspecified atom stereocenters. The van der Waals surface area contributed by atoms with Gasteiger partial charge in [-0.25, -0.2) is 0 Å². The van der Waals surface area contributed by atoms with Crippen LogP contribution in [0.3, 0.4) is 0 Å². The molecule has 0 spiro atoms. The van der Waals surface area contributed by atoms with Gasteiger partial charge >= 0.3 is 0 Å². The molecular weight excluding hydrogens is 156 g/mol. The second-order valence-corrected chi connectivity index (χ2v) is 2.93. The van der Waals surface area contributed by atoms with Gasteiger partial charge in [0.15, 0.2) is 0 Å². The molecule has 0 aliphatic carbocycles. The van der Waals surface area contributed by atoms with Crippen molar-refractivity contribution in [2.24, 2.45) is 5.73 Å². The Labute approximate surface area is 72.5 Å². The first kappa shape index (κ1) is 11.1. The molecule has 4 heteroatoms. The van der Waals surface area contributed by atoms with E-state index in [1.54, 1.807) is 0 Å². The van der Waals surface area contributed by atoms with Gasteiger partial charge in [-0.2, -0.15) is 0 Å². The van der Waals surface area contributed by atoms with Gasteiger partial charge in [-0.3, -0.25) is 9.59 Å². The van der Waals surface area contributed by atoms with Crippen molar-refractivity contribution < 1.29 is 9.59 Å². The van der Waals surface area contributed by atoms with Crippen molar-refractivity contribution in [3.63, 3.8) is 0 Å². The Morgan fingerprint density at radius 1 is 1.50 bits per heavy atom. The summed E-state index contributed by atoms with van der Waals surface area (Å²) in [5.74, 6) is -0.963. The largest absolute Gasteiger partial charge is 0.350 e. The monoisotopic (exact) mass is 172 g/mol. The number of hydrogen-bond donors (Lipinski definition) is 2. The minimum absolute atomic E-state index is 0.152. The minimum atomic E-state index is -0.514. The van der Waals surface area contributed by atoms with Gasteiger partial charge in [0.1, 0.15) is 0 Å². The standard InChI is InChI=1S/C8H16N2O2/c1-6(9)4-3-5-10-8(12)7(2)11/h6H,3-5,9H2,1-2H3,(H,10,12). The number of Topliss-reactive ketones (excluding diaryl/α,β-unsaturated/α-hetero) is 1. The van der Waals surface area contributed by atoms with Crippen LogP contribution in [-0.2, 0) is 9.59 Å². The number of nitrogens with one attached hydrogen (secondary N) is 1. The predicted molar refractivity (Wildman–Crippen MR) is 46.6 cm³/mol. The highest BCUT2D eigenvalue weighted by molar-refractivity contribution is 6.35. The third-order valence-electron chi connectivity index (χ3n) is 1.44. The highest BCUT2D eigenvalue weighted by Crippen LogP contribution is 1.90. The van der Waals surface area contributed by atoms with Crippen LogP contribution < -0.4 is 11.1 Å². The minimum Gasteiger partial charge on any atom is -0.350 e. The molecule has 4 nitrogen and oxygen atoms in total. The summed E-state index contributed by atoms with van der Waals surface area (Å²) in [6.07, 6.45) is 1.68. The maximum Gasteiger partial charge on any atom is 0.287 e. The van der Waals surface area contributed by atoms with E-state index >= 15 is 0 Å². The van der Waals surface area contributed by atoms with Gasteiger partial charge < -0.3 is 11.1 Å². The van der Waals surface area contributed by atoms with E-state index in [1.165, 1.54) is 6.92 Å². The fourth-order valence-electron chi connectivity index (χ4n) is 0.750. The molecule has 0 radical (unpaired) electrons. The van der Waals surface area contributed by atoms with Crippen molar-refractivity contribution in [2.75, 3.05) is 6.54 Å². The van der Waals surface area contributed by atoms with Crippen molar-refractivity contribution in [3.05, 3.63) is 0 Å². The first-order valence-electron chi connectivity index (χ1n) is 4.08. The highest BCUT2D eigenvalue weighted by Gasteiger charge is 2.04. The summed E-state index contributed by atoms with van der Waals surface area (Å²) in [6.45, 7) is 3.69. The first-order chi connectivity index (χ1) is 5.54. The van der Waals surface area contributed by atoms with Crippen molar-refractivity contribution in [2.45, 2.75) is 32.7 Å². The van der Waals surface area contributed by atoms with Gasteiger partial charge in [0.25, 0.3) is 5.91 Å². The van der Waals surface area contributed by atoms with Gasteiger partial charge in [0, 0.05) is 19.5 Å². The third-order valence-corrected chi connectivity index (χ3v) is 1.44. The van der Waals surface area contributed by atoms with E-state index in [-0.39, 0.29) is 6.04 Å². The molecule has 0 aliphatic rings. The van der Waals surface area contributed by atoms with Gasteiger partial charge in [-0.05, 0) is 19.8 Å². The number of carbonyl (C=O) groups excluding carboxylic acids is 2. The van der Waals surface area contributed by atoms with Crippen molar-refractivity contribution in [3.8, 4) is 0 Å². The lowest BCUT2D eigenvalue weighted by Crippen LogP contribution is -2.30. The van der Waals surface area contributed by atoms with E-state index in [1.807, 2.05) is 6.92 Å². The van der Waals surface area contributed by atoms with Crippen LogP contribution in [0.5, 0.6) is 0 Å². The van der Waals surface area contributed by atoms with Gasteiger partial charge in [-0.1, -0.05) is 0 Å². The molecule has 0 saturated carbocycles. The first-order valence-corrected chi connectivity index (χ1v) is 4.08. The molecule has 0 saturated heterocycles. The van der Waals surface area contributed by atoms with Crippen LogP contribution in [-0.4, -0.2) is 24.3 Å². The lowest BCUT2D eigenvalue weighted by molar-refractivity contribution is -0.136.